The van der Waals surface area contributed by atoms with Crippen LogP contribution in [0, 0.1) is 5.41 Å². The number of aliphatic hydroxyl groups excluding tert-OH is 1. The lowest BCUT2D eigenvalue weighted by atomic mass is 9.84. The van der Waals surface area contributed by atoms with Crippen molar-refractivity contribution in [3.05, 3.63) is 116 Å². The van der Waals surface area contributed by atoms with Crippen LogP contribution in [0.25, 0.3) is 11.1 Å². The topological polar surface area (TPSA) is 147 Å². The molecular weight excluding hydrogens is 867 g/mol. The molecule has 360 valence electrons. The van der Waals surface area contributed by atoms with Crippen LogP contribution in [0.5, 0.6) is 0 Å². The van der Waals surface area contributed by atoms with Gasteiger partial charge in [0.1, 0.15) is 23.0 Å². The lowest BCUT2D eigenvalue weighted by molar-refractivity contribution is 0.0458. The maximum atomic E-state index is 14.0. The molecule has 12 rings (SSSR count). The van der Waals surface area contributed by atoms with Crippen molar-refractivity contribution in [3.8, 4) is 11.1 Å². The zero-order valence-corrected chi connectivity index (χ0v) is 40.5. The SMILES string of the molecule is C[C@H]1CN([C@H]2CCN3Cc4cc5c(cc4C[C@@H]3C2)C(=O)N(C2CCCNC2)C5)CCN1c1ccc(Nc2cc(-c3ccnc(N4CCn5c(cc6c5CC(C)(C)C6)C4=O)c3CO)cn(C)c2=O)nc1. The lowest BCUT2D eigenvalue weighted by Crippen LogP contribution is -2.58. The molecule has 3 fully saturated rings. The molecule has 15 heteroatoms. The number of aryl methyl sites for hydroxylation is 1. The van der Waals surface area contributed by atoms with Crippen LogP contribution in [0.15, 0.2) is 65.8 Å². The number of benzene rings is 1. The van der Waals surface area contributed by atoms with Crippen LogP contribution in [0.4, 0.5) is 23.0 Å². The van der Waals surface area contributed by atoms with Gasteiger partial charge in [-0.25, -0.2) is 9.97 Å². The molecular formula is C54H65N11O4. The van der Waals surface area contributed by atoms with E-state index in [0.717, 1.165) is 102 Å². The summed E-state index contributed by atoms with van der Waals surface area (Å²) in [4.78, 5) is 62.3. The molecule has 3 saturated heterocycles. The lowest BCUT2D eigenvalue weighted by Gasteiger charge is -2.49. The third kappa shape index (κ3) is 7.85. The molecule has 1 aliphatic carbocycles. The van der Waals surface area contributed by atoms with E-state index in [-0.39, 0.29) is 29.4 Å². The van der Waals surface area contributed by atoms with Crippen LogP contribution in [0.2, 0.25) is 0 Å². The molecule has 69 heavy (non-hydrogen) atoms. The fraction of sp³-hybridized carbons (Fsp3) is 0.500. The van der Waals surface area contributed by atoms with Gasteiger partial charge >= 0.3 is 0 Å². The quantitative estimate of drug-likeness (QED) is 0.182. The maximum absolute atomic E-state index is 14.0. The molecule has 15 nitrogen and oxygen atoms in total. The van der Waals surface area contributed by atoms with Gasteiger partial charge in [-0.05, 0) is 128 Å². The minimum absolute atomic E-state index is 0.115. The standard InChI is InChI=1S/C54H65N11O4/c1-33-28-61(39-10-13-60-30-36-18-37-31-65(40-6-5-11-55-26-40)51(67)44(37)20-34(36)19-42(60)23-39)14-15-62(33)41-7-8-49(57-27-41)58-46-21-38(29-59(4)52(46)68)43-9-12-56-50(45(43)32-66)64-17-16-63-47(53(64)69)22-35-24-54(2,3)25-48(35)63/h7-9,12,18,20-22,27,29,33,39-40,42,55,66H,5-6,10-11,13-17,19,23-26,28,30-32H2,1-4H3,(H,57,58)/t33-,39-,40?,42+/m0/s1. The second-order valence-electron chi connectivity index (χ2n) is 21.8. The summed E-state index contributed by atoms with van der Waals surface area (Å²) in [5, 5.41) is 17.6. The Bertz CT molecular complexity index is 2920. The first-order valence-corrected chi connectivity index (χ1v) is 25.4. The highest BCUT2D eigenvalue weighted by atomic mass is 16.3. The number of pyridine rings is 3. The van der Waals surface area contributed by atoms with E-state index in [1.807, 2.05) is 24.4 Å². The van der Waals surface area contributed by atoms with Crippen molar-refractivity contribution in [3.63, 3.8) is 0 Å². The number of amides is 2. The third-order valence-electron chi connectivity index (χ3n) is 16.7. The van der Waals surface area contributed by atoms with E-state index in [1.165, 1.54) is 38.9 Å². The zero-order valence-electron chi connectivity index (χ0n) is 40.5. The van der Waals surface area contributed by atoms with E-state index in [1.54, 1.807) is 30.4 Å². The third-order valence-corrected chi connectivity index (χ3v) is 16.7. The summed E-state index contributed by atoms with van der Waals surface area (Å²) in [5.41, 5.74) is 11.5. The van der Waals surface area contributed by atoms with Crippen molar-refractivity contribution < 1.29 is 14.7 Å². The highest BCUT2D eigenvalue weighted by Crippen LogP contribution is 2.41. The van der Waals surface area contributed by atoms with Gasteiger partial charge in [0.15, 0.2) is 0 Å². The molecule has 5 aromatic rings. The summed E-state index contributed by atoms with van der Waals surface area (Å²) in [6.07, 6.45) is 12.8. The number of piperazine rings is 1. The predicted molar refractivity (Wildman–Crippen MR) is 267 cm³/mol. The van der Waals surface area contributed by atoms with E-state index < -0.39 is 0 Å². The molecule has 2 amide bonds. The Hall–Kier alpha value is -5.87. The van der Waals surface area contributed by atoms with E-state index in [2.05, 4.69) is 78.8 Å². The number of carbonyl (C=O) groups is 2. The molecule has 4 aromatic heterocycles. The Balaban J connectivity index is 0.694. The van der Waals surface area contributed by atoms with Crippen molar-refractivity contribution in [1.29, 1.82) is 0 Å². The Kier molecular flexibility index (Phi) is 11.1. The fourth-order valence-electron chi connectivity index (χ4n) is 13.2. The maximum Gasteiger partial charge on any atom is 0.276 e. The summed E-state index contributed by atoms with van der Waals surface area (Å²) in [5.74, 6) is 1.10. The monoisotopic (exact) mass is 932 g/mol. The van der Waals surface area contributed by atoms with Crippen molar-refractivity contribution >= 4 is 34.8 Å². The number of aliphatic hydroxyl groups is 1. The van der Waals surface area contributed by atoms with E-state index >= 15 is 0 Å². The fourth-order valence-corrected chi connectivity index (χ4v) is 13.2. The van der Waals surface area contributed by atoms with Gasteiger partial charge in [0.25, 0.3) is 17.4 Å². The molecule has 7 aliphatic rings. The number of nitrogens with one attached hydrogen (secondary N) is 2. The Morgan fingerprint density at radius 1 is 0.826 bits per heavy atom. The minimum Gasteiger partial charge on any atom is -0.392 e. The molecule has 6 aliphatic heterocycles. The molecule has 3 N–H and O–H groups in total. The number of aromatic nitrogens is 4. The van der Waals surface area contributed by atoms with Crippen molar-refractivity contribution in [2.75, 3.05) is 60.9 Å². The first-order valence-electron chi connectivity index (χ1n) is 25.4. The second-order valence-corrected chi connectivity index (χ2v) is 21.8. The van der Waals surface area contributed by atoms with E-state index in [4.69, 9.17) is 4.98 Å². The Labute approximate surface area is 404 Å². The average Bonchev–Trinajstić information content (AvgIpc) is 3.97. The van der Waals surface area contributed by atoms with Gasteiger partial charge in [-0.1, -0.05) is 19.9 Å². The summed E-state index contributed by atoms with van der Waals surface area (Å²) in [7, 11) is 1.71. The van der Waals surface area contributed by atoms with Crippen molar-refractivity contribution in [2.24, 2.45) is 12.5 Å². The van der Waals surface area contributed by atoms with Crippen LogP contribution < -0.4 is 26.0 Å². The largest absolute Gasteiger partial charge is 0.392 e. The summed E-state index contributed by atoms with van der Waals surface area (Å²) >= 11 is 0. The first-order chi connectivity index (χ1) is 33.4. The average molecular weight is 932 g/mol. The van der Waals surface area contributed by atoms with E-state index in [9.17, 15) is 19.5 Å². The number of piperidine rings is 2. The van der Waals surface area contributed by atoms with Crippen LogP contribution in [0.3, 0.4) is 0 Å². The second kappa shape index (κ2) is 17.2. The van der Waals surface area contributed by atoms with E-state index in [0.29, 0.717) is 77.0 Å². The predicted octanol–water partition coefficient (Wildman–Crippen LogP) is 5.47. The Morgan fingerprint density at radius 2 is 1.71 bits per heavy atom. The van der Waals surface area contributed by atoms with Crippen molar-refractivity contribution in [1.82, 2.24) is 39.1 Å². The van der Waals surface area contributed by atoms with Gasteiger partial charge < -0.3 is 34.7 Å². The highest BCUT2D eigenvalue weighted by Gasteiger charge is 2.41. The zero-order chi connectivity index (χ0) is 47.3. The molecule has 0 radical (unpaired) electrons. The van der Waals surface area contributed by atoms with Crippen LogP contribution >= 0.6 is 0 Å². The minimum atomic E-state index is -0.326. The molecule has 4 atom stereocenters. The summed E-state index contributed by atoms with van der Waals surface area (Å²) in [6.45, 7) is 15.3. The molecule has 0 saturated carbocycles. The van der Waals surface area contributed by atoms with Gasteiger partial charge in [0.2, 0.25) is 0 Å². The van der Waals surface area contributed by atoms with Gasteiger partial charge in [-0.15, -0.1) is 0 Å². The number of fused-ring (bicyclic) bond motifs is 6. The number of carbonyl (C=O) groups excluding carboxylic acids is 2. The Morgan fingerprint density at radius 3 is 2.51 bits per heavy atom. The number of hydrogen-bond donors (Lipinski definition) is 3. The number of hydrogen-bond acceptors (Lipinski definition) is 11. The summed E-state index contributed by atoms with van der Waals surface area (Å²) < 4.78 is 3.71. The molecule has 0 bridgehead atoms. The van der Waals surface area contributed by atoms with Gasteiger partial charge in [-0.2, -0.15) is 0 Å². The van der Waals surface area contributed by atoms with Crippen LogP contribution in [-0.4, -0.2) is 121 Å². The van der Waals surface area contributed by atoms with Crippen LogP contribution in [0.1, 0.15) is 101 Å². The first kappa shape index (κ1) is 44.3. The summed E-state index contributed by atoms with van der Waals surface area (Å²) in [6, 6.07) is 15.9. The smallest absolute Gasteiger partial charge is 0.276 e. The van der Waals surface area contributed by atoms with Crippen molar-refractivity contribution in [2.45, 2.75) is 116 Å². The molecule has 10 heterocycles. The molecule has 1 aromatic carbocycles. The molecule has 1 unspecified atom stereocenters. The van der Waals surface area contributed by atoms with Gasteiger partial charge in [0.05, 0.1) is 18.5 Å². The number of nitrogens with zero attached hydrogens (tertiary/aromatic N) is 9. The number of rotatable bonds is 8. The van der Waals surface area contributed by atoms with Gasteiger partial charge in [-0.3, -0.25) is 29.1 Å². The highest BCUT2D eigenvalue weighted by molar-refractivity contribution is 6.06. The molecule has 0 spiro atoms. The van der Waals surface area contributed by atoms with Gasteiger partial charge in [0, 0.05) is 125 Å². The van der Waals surface area contributed by atoms with Crippen LogP contribution in [-0.2, 0) is 52.6 Å². The number of anilines is 4. The normalized spacial score (nSPS) is 24.5.